The number of sulfonamides is 1. The quantitative estimate of drug-likeness (QED) is 0.178. The number of oxime groups is 1. The second-order valence-corrected chi connectivity index (χ2v) is 8.93. The molecule has 0 saturated heterocycles. The van der Waals surface area contributed by atoms with E-state index in [1.807, 2.05) is 6.92 Å². The number of carbonyl (C=O) groups is 1. The first-order valence-electron chi connectivity index (χ1n) is 9.71. The summed E-state index contributed by atoms with van der Waals surface area (Å²) < 4.78 is 29.5. The number of nitrogens with zero attached hydrogens (tertiary/aromatic N) is 2. The monoisotopic (exact) mass is 464 g/mol. The molecule has 2 rings (SSSR count). The van der Waals surface area contributed by atoms with Crippen LogP contribution in [-0.2, 0) is 26.2 Å². The summed E-state index contributed by atoms with van der Waals surface area (Å²) in [6, 6.07) is 6.46. The van der Waals surface area contributed by atoms with E-state index in [0.29, 0.717) is 16.8 Å². The minimum atomic E-state index is -4.01. The molecule has 0 aliphatic rings. The molecule has 0 atom stereocenters. The van der Waals surface area contributed by atoms with Crippen molar-refractivity contribution in [2.75, 3.05) is 17.9 Å². The number of carbonyl (C=O) groups excluding carboxylic acids is 1. The number of aryl methyl sites for hydroxylation is 4. The van der Waals surface area contributed by atoms with Crippen LogP contribution in [0.4, 0.5) is 5.69 Å². The number of rotatable bonds is 9. The molecule has 1 amide bonds. The van der Waals surface area contributed by atoms with Crippen LogP contribution in [0.5, 0.6) is 0 Å². The van der Waals surface area contributed by atoms with Crippen LogP contribution in [0.25, 0.3) is 0 Å². The number of hydrogen-bond acceptors (Lipinski definition) is 6. The number of guanidine groups is 1. The Hall–Kier alpha value is -3.54. The molecule has 0 aliphatic heterocycles. The zero-order valence-electron chi connectivity index (χ0n) is 18.4. The van der Waals surface area contributed by atoms with Crippen LogP contribution in [0, 0.1) is 27.7 Å². The Bertz CT molecular complexity index is 1180. The highest BCUT2D eigenvalue weighted by molar-refractivity contribution is 7.92. The maximum atomic E-state index is 13.0. The lowest BCUT2D eigenvalue weighted by Crippen LogP contribution is -2.36. The van der Waals surface area contributed by atoms with Crippen molar-refractivity contribution in [2.24, 2.45) is 16.6 Å². The van der Waals surface area contributed by atoms with Crippen molar-refractivity contribution >= 4 is 27.6 Å². The second kappa shape index (κ2) is 10.2. The van der Waals surface area contributed by atoms with Crippen molar-refractivity contribution in [2.45, 2.75) is 39.1 Å². The van der Waals surface area contributed by atoms with Crippen molar-refractivity contribution in [1.82, 2.24) is 9.88 Å². The molecule has 6 N–H and O–H groups in total. The number of pyridine rings is 1. The minimum absolute atomic E-state index is 0.0343. The Morgan fingerprint density at radius 1 is 1.12 bits per heavy atom. The highest BCUT2D eigenvalue weighted by Gasteiger charge is 2.22. The molecule has 11 nitrogen and oxygen atoms in total. The zero-order chi connectivity index (χ0) is 24.1. The first-order valence-corrected chi connectivity index (χ1v) is 11.2. The van der Waals surface area contributed by atoms with Gasteiger partial charge in [-0.1, -0.05) is 17.7 Å². The van der Waals surface area contributed by atoms with E-state index in [9.17, 15) is 18.0 Å². The van der Waals surface area contributed by atoms with Crippen molar-refractivity contribution in [3.8, 4) is 0 Å². The highest BCUT2D eigenvalue weighted by Crippen LogP contribution is 2.23. The number of benzene rings is 1. The van der Waals surface area contributed by atoms with Crippen molar-refractivity contribution < 1.29 is 18.0 Å². The fourth-order valence-electron chi connectivity index (χ4n) is 3.29. The first-order chi connectivity index (χ1) is 14.9. The van der Waals surface area contributed by atoms with Gasteiger partial charge in [0, 0.05) is 5.69 Å². The lowest BCUT2D eigenvalue weighted by atomic mass is 10.1. The fourth-order valence-corrected chi connectivity index (χ4v) is 4.80. The third-order valence-electron chi connectivity index (χ3n) is 4.50. The van der Waals surface area contributed by atoms with Gasteiger partial charge in [0.2, 0.25) is 11.9 Å². The van der Waals surface area contributed by atoms with Crippen LogP contribution in [0.3, 0.4) is 0 Å². The highest BCUT2D eigenvalue weighted by atomic mass is 32.2. The summed E-state index contributed by atoms with van der Waals surface area (Å²) in [5, 5.41) is 5.88. The molecule has 174 valence electrons. The molecular formula is C20H28N6O5S. The SMILES string of the molecule is Cc1cc(C)c(S(=O)(=O)Nc2ccc(C)n(CC(=O)NCCON=C(N)N)c2=O)c(C)c1. The van der Waals surface area contributed by atoms with Crippen molar-refractivity contribution in [3.63, 3.8) is 0 Å². The Kier molecular flexibility index (Phi) is 7.87. The van der Waals surface area contributed by atoms with Gasteiger partial charge in [0.15, 0.2) is 0 Å². The summed E-state index contributed by atoms with van der Waals surface area (Å²) in [7, 11) is -4.01. The number of hydrogen-bond donors (Lipinski definition) is 4. The smallest absolute Gasteiger partial charge is 0.275 e. The molecule has 0 unspecified atom stereocenters. The van der Waals surface area contributed by atoms with Crippen LogP contribution in [0.2, 0.25) is 0 Å². The summed E-state index contributed by atoms with van der Waals surface area (Å²) in [6.45, 7) is 6.76. The third-order valence-corrected chi connectivity index (χ3v) is 6.17. The Morgan fingerprint density at radius 2 is 1.75 bits per heavy atom. The number of nitrogens with one attached hydrogen (secondary N) is 2. The van der Waals surface area contributed by atoms with Crippen LogP contribution < -0.4 is 27.1 Å². The lowest BCUT2D eigenvalue weighted by Gasteiger charge is -2.16. The Labute approximate surface area is 186 Å². The summed E-state index contributed by atoms with van der Waals surface area (Å²) in [4.78, 5) is 30.0. The number of anilines is 1. The van der Waals surface area contributed by atoms with Gasteiger partial charge in [-0.15, -0.1) is 0 Å². The third kappa shape index (κ3) is 6.23. The maximum absolute atomic E-state index is 13.0. The van der Waals surface area contributed by atoms with Gasteiger partial charge in [-0.25, -0.2) is 8.42 Å². The first kappa shape index (κ1) is 24.7. The molecule has 0 aliphatic carbocycles. The predicted molar refractivity (Wildman–Crippen MR) is 122 cm³/mol. The molecule has 0 bridgehead atoms. The molecule has 0 saturated carbocycles. The normalized spacial score (nSPS) is 11.0. The number of aromatic nitrogens is 1. The van der Waals surface area contributed by atoms with Gasteiger partial charge in [0.1, 0.15) is 18.8 Å². The molecule has 2 aromatic rings. The van der Waals surface area contributed by atoms with Crippen LogP contribution >= 0.6 is 0 Å². The zero-order valence-corrected chi connectivity index (χ0v) is 19.2. The summed E-state index contributed by atoms with van der Waals surface area (Å²) in [6.07, 6.45) is 0. The molecular weight excluding hydrogens is 436 g/mol. The molecule has 1 heterocycles. The fraction of sp³-hybridized carbons (Fsp3) is 0.350. The molecule has 1 aromatic heterocycles. The average Bonchev–Trinajstić information content (AvgIpc) is 2.65. The van der Waals surface area contributed by atoms with E-state index in [-0.39, 0.29) is 36.2 Å². The average molecular weight is 465 g/mol. The largest absolute Gasteiger partial charge is 0.391 e. The molecule has 0 spiro atoms. The van der Waals surface area contributed by atoms with E-state index < -0.39 is 21.5 Å². The van der Waals surface area contributed by atoms with Gasteiger partial charge in [0.25, 0.3) is 15.6 Å². The second-order valence-electron chi connectivity index (χ2n) is 7.31. The number of nitrogens with two attached hydrogens (primary N) is 2. The van der Waals surface area contributed by atoms with E-state index in [0.717, 1.165) is 5.56 Å². The van der Waals surface area contributed by atoms with E-state index >= 15 is 0 Å². The standard InChI is InChI=1S/C20H28N6O5S/c1-12-9-13(2)18(14(3)10-12)32(29,30)25-16-6-5-15(4)26(19(16)28)11-17(27)23-7-8-31-24-20(21)22/h5-6,9-10,25H,7-8,11H2,1-4H3,(H,23,27)(H4,21,22,24). The van der Waals surface area contributed by atoms with Gasteiger partial charge in [-0.05, 0) is 56.1 Å². The maximum Gasteiger partial charge on any atom is 0.275 e. The van der Waals surface area contributed by atoms with E-state index in [1.54, 1.807) is 39.0 Å². The molecule has 12 heteroatoms. The lowest BCUT2D eigenvalue weighted by molar-refractivity contribution is -0.122. The summed E-state index contributed by atoms with van der Waals surface area (Å²) >= 11 is 0. The summed E-state index contributed by atoms with van der Waals surface area (Å²) in [5.74, 6) is -0.706. The number of amides is 1. The van der Waals surface area contributed by atoms with Crippen LogP contribution in [0.15, 0.2) is 39.1 Å². The van der Waals surface area contributed by atoms with Gasteiger partial charge in [0.05, 0.1) is 11.4 Å². The van der Waals surface area contributed by atoms with E-state index in [1.165, 1.54) is 10.6 Å². The topological polar surface area (TPSA) is 171 Å². The molecule has 0 fully saturated rings. The van der Waals surface area contributed by atoms with Crippen LogP contribution in [-0.4, -0.2) is 38.0 Å². The minimum Gasteiger partial charge on any atom is -0.391 e. The molecule has 1 aromatic carbocycles. The molecule has 0 radical (unpaired) electrons. The van der Waals surface area contributed by atoms with Gasteiger partial charge >= 0.3 is 0 Å². The summed E-state index contributed by atoms with van der Waals surface area (Å²) in [5.41, 5.74) is 12.0. The predicted octanol–water partition coefficient (Wildman–Crippen LogP) is 0.204. The Morgan fingerprint density at radius 3 is 2.34 bits per heavy atom. The van der Waals surface area contributed by atoms with Crippen LogP contribution in [0.1, 0.15) is 22.4 Å². The van der Waals surface area contributed by atoms with Gasteiger partial charge in [-0.2, -0.15) is 0 Å². The van der Waals surface area contributed by atoms with E-state index in [4.69, 9.17) is 16.3 Å². The molecule has 32 heavy (non-hydrogen) atoms. The Balaban J connectivity index is 2.21. The van der Waals surface area contributed by atoms with Gasteiger partial charge < -0.3 is 26.2 Å². The van der Waals surface area contributed by atoms with Gasteiger partial charge in [-0.3, -0.25) is 14.3 Å². The van der Waals surface area contributed by atoms with E-state index in [2.05, 4.69) is 15.2 Å². The van der Waals surface area contributed by atoms with Crippen molar-refractivity contribution in [3.05, 3.63) is 57.0 Å². The van der Waals surface area contributed by atoms with Crippen molar-refractivity contribution in [1.29, 1.82) is 0 Å².